The topological polar surface area (TPSA) is 150 Å². The fraction of sp³-hybridized carbons (Fsp3) is 0.615. The van der Waals surface area contributed by atoms with Crippen molar-refractivity contribution in [3.05, 3.63) is 24.3 Å². The van der Waals surface area contributed by atoms with Gasteiger partial charge in [0.25, 0.3) is 10.1 Å². The van der Waals surface area contributed by atoms with Crippen LogP contribution in [0.4, 0.5) is 0 Å². The van der Waals surface area contributed by atoms with Gasteiger partial charge >= 0.3 is 17.9 Å². The lowest BCUT2D eigenvalue weighted by atomic mass is 9.49. The van der Waals surface area contributed by atoms with Gasteiger partial charge in [0.05, 0.1) is 10.3 Å². The molecule has 37 heavy (non-hydrogen) atoms. The molecule has 196 valence electrons. The van der Waals surface area contributed by atoms with Gasteiger partial charge in [-0.2, -0.15) is 8.42 Å². The first-order chi connectivity index (χ1) is 17.5. The molecule has 1 saturated heterocycles. The number of carbonyl (C=O) groups is 4. The number of esters is 3. The summed E-state index contributed by atoms with van der Waals surface area (Å²) < 4.78 is 48.8. The SMILES string of the molecule is O=C1C2CC3CC1CC(C(=O)OC1C4CC5C1OC(=O)C5(C(=O)Oc1ccc(S(=O)(=O)O)cc1)C4)(C3)C2. The third-order valence-corrected chi connectivity index (χ3v) is 10.8. The average molecular weight is 531 g/mol. The highest BCUT2D eigenvalue weighted by atomic mass is 32.2. The minimum Gasteiger partial charge on any atom is -0.458 e. The molecule has 7 unspecified atom stereocenters. The lowest BCUT2D eigenvalue weighted by Gasteiger charge is -2.54. The summed E-state index contributed by atoms with van der Waals surface area (Å²) in [5.41, 5.74) is -2.13. The minimum atomic E-state index is -4.40. The lowest BCUT2D eigenvalue weighted by molar-refractivity contribution is -0.186. The van der Waals surface area contributed by atoms with Crippen molar-refractivity contribution < 1.29 is 46.4 Å². The molecule has 6 saturated carbocycles. The number of ketones is 1. The zero-order valence-electron chi connectivity index (χ0n) is 19.8. The zero-order chi connectivity index (χ0) is 25.9. The molecule has 1 heterocycles. The molecule has 1 N–H and O–H groups in total. The van der Waals surface area contributed by atoms with Crippen LogP contribution in [-0.2, 0) is 38.8 Å². The van der Waals surface area contributed by atoms with Gasteiger partial charge in [-0.15, -0.1) is 0 Å². The van der Waals surface area contributed by atoms with E-state index in [1.165, 1.54) is 12.1 Å². The van der Waals surface area contributed by atoms with Gasteiger partial charge in [0.15, 0.2) is 5.41 Å². The molecule has 1 aromatic carbocycles. The largest absolute Gasteiger partial charge is 0.458 e. The second-order valence-corrected chi connectivity index (χ2v) is 13.3. The molecule has 6 bridgehead atoms. The molecule has 11 heteroatoms. The summed E-state index contributed by atoms with van der Waals surface area (Å²) in [6.07, 6.45) is 2.83. The zero-order valence-corrected chi connectivity index (χ0v) is 20.6. The van der Waals surface area contributed by atoms with Crippen LogP contribution >= 0.6 is 0 Å². The van der Waals surface area contributed by atoms with Crippen LogP contribution in [0.15, 0.2) is 29.2 Å². The predicted molar refractivity (Wildman–Crippen MR) is 121 cm³/mol. The number of hydrogen-bond acceptors (Lipinski definition) is 9. The Bertz CT molecular complexity index is 1330. The van der Waals surface area contributed by atoms with Crippen LogP contribution in [0, 0.1) is 40.4 Å². The molecular weight excluding hydrogens is 504 g/mol. The molecular formula is C26H26O10S. The first-order valence-corrected chi connectivity index (χ1v) is 14.2. The molecule has 0 aromatic heterocycles. The summed E-state index contributed by atoms with van der Waals surface area (Å²) in [5.74, 6) is -1.90. The Hall–Kier alpha value is -2.79. The van der Waals surface area contributed by atoms with Gasteiger partial charge < -0.3 is 14.2 Å². The highest BCUT2D eigenvalue weighted by Crippen LogP contribution is 2.64. The molecule has 8 rings (SSSR count). The maximum Gasteiger partial charge on any atom is 0.329 e. The van der Waals surface area contributed by atoms with E-state index in [0.717, 1.165) is 31.4 Å². The van der Waals surface area contributed by atoms with Crippen LogP contribution in [0.2, 0.25) is 0 Å². The summed E-state index contributed by atoms with van der Waals surface area (Å²) >= 11 is 0. The molecule has 10 nitrogen and oxygen atoms in total. The second-order valence-electron chi connectivity index (χ2n) is 11.9. The van der Waals surface area contributed by atoms with Gasteiger partial charge in [0, 0.05) is 23.7 Å². The van der Waals surface area contributed by atoms with Gasteiger partial charge in [-0.3, -0.25) is 23.7 Å². The number of Topliss-reactive ketones (excluding diaryl/α,β-unsaturated/α-hetero) is 1. The Kier molecular flexibility index (Phi) is 4.67. The molecule has 0 spiro atoms. The standard InChI is InChI=1S/C26H26O10S/c27-19-13-5-12-6-14(19)10-25(8-12,9-13)22(28)35-20-15-7-18-21(20)36-24(30)26(18,11-15)23(29)34-16-1-3-17(4-2-16)37(31,32)33/h1-4,12-15,18,20-21H,5-11H2,(H,31,32,33). The van der Waals surface area contributed by atoms with E-state index < -0.39 is 51.0 Å². The van der Waals surface area contributed by atoms with Gasteiger partial charge in [0.1, 0.15) is 23.7 Å². The average Bonchev–Trinajstić information content (AvgIpc) is 3.44. The molecule has 1 aliphatic heterocycles. The van der Waals surface area contributed by atoms with Gasteiger partial charge in [-0.25, -0.2) is 0 Å². The quantitative estimate of drug-likeness (QED) is 0.259. The summed E-state index contributed by atoms with van der Waals surface area (Å²) in [6, 6.07) is 4.65. The number of carbonyl (C=O) groups excluding carboxylic acids is 4. The van der Waals surface area contributed by atoms with Gasteiger partial charge in [-0.05, 0) is 75.1 Å². The maximum absolute atomic E-state index is 13.5. The van der Waals surface area contributed by atoms with E-state index in [-0.39, 0.29) is 40.8 Å². The van der Waals surface area contributed by atoms with Gasteiger partial charge in [0.2, 0.25) is 0 Å². The smallest absolute Gasteiger partial charge is 0.329 e. The monoisotopic (exact) mass is 530 g/mol. The Morgan fingerprint density at radius 2 is 1.62 bits per heavy atom. The lowest BCUT2D eigenvalue weighted by Crippen LogP contribution is -2.56. The first kappa shape index (κ1) is 23.3. The Morgan fingerprint density at radius 3 is 2.27 bits per heavy atom. The van der Waals surface area contributed by atoms with Gasteiger partial charge in [-0.1, -0.05) is 0 Å². The Balaban J connectivity index is 1.07. The van der Waals surface area contributed by atoms with Crippen LogP contribution in [-0.4, -0.2) is 48.9 Å². The van der Waals surface area contributed by atoms with Crippen molar-refractivity contribution in [2.45, 2.75) is 62.0 Å². The molecule has 6 aliphatic carbocycles. The highest BCUT2D eigenvalue weighted by molar-refractivity contribution is 7.85. The third-order valence-electron chi connectivity index (χ3n) is 9.93. The number of benzene rings is 1. The van der Waals surface area contributed by atoms with Crippen LogP contribution in [0.1, 0.15) is 44.9 Å². The molecule has 7 aliphatic rings. The van der Waals surface area contributed by atoms with Crippen LogP contribution in [0.5, 0.6) is 5.75 Å². The van der Waals surface area contributed by atoms with E-state index in [2.05, 4.69) is 0 Å². The summed E-state index contributed by atoms with van der Waals surface area (Å²) in [5, 5.41) is 0. The molecule has 0 radical (unpaired) electrons. The van der Waals surface area contributed by atoms with Crippen molar-refractivity contribution in [1.29, 1.82) is 0 Å². The molecule has 1 aromatic rings. The van der Waals surface area contributed by atoms with Crippen molar-refractivity contribution in [3.63, 3.8) is 0 Å². The van der Waals surface area contributed by atoms with Crippen molar-refractivity contribution in [2.75, 3.05) is 0 Å². The number of rotatable bonds is 5. The molecule has 7 atom stereocenters. The van der Waals surface area contributed by atoms with Crippen molar-refractivity contribution in [3.8, 4) is 5.75 Å². The summed E-state index contributed by atoms with van der Waals surface area (Å²) in [7, 11) is -4.40. The van der Waals surface area contributed by atoms with Crippen LogP contribution < -0.4 is 4.74 Å². The van der Waals surface area contributed by atoms with Crippen molar-refractivity contribution in [2.24, 2.45) is 40.4 Å². The van der Waals surface area contributed by atoms with E-state index in [9.17, 15) is 27.6 Å². The van der Waals surface area contributed by atoms with E-state index in [0.29, 0.717) is 31.0 Å². The van der Waals surface area contributed by atoms with E-state index in [4.69, 9.17) is 18.8 Å². The predicted octanol–water partition coefficient (Wildman–Crippen LogP) is 2.10. The van der Waals surface area contributed by atoms with Crippen molar-refractivity contribution in [1.82, 2.24) is 0 Å². The fourth-order valence-corrected chi connectivity index (χ4v) is 9.04. The molecule has 7 fully saturated rings. The number of fused-ring (bicyclic) bond motifs is 1. The molecule has 0 amide bonds. The van der Waals surface area contributed by atoms with E-state index in [1.807, 2.05) is 0 Å². The van der Waals surface area contributed by atoms with Crippen molar-refractivity contribution >= 4 is 33.8 Å². The Morgan fingerprint density at radius 1 is 0.946 bits per heavy atom. The minimum absolute atomic E-state index is 0.0325. The fourth-order valence-electron chi connectivity index (χ4n) is 8.56. The van der Waals surface area contributed by atoms with Crippen LogP contribution in [0.3, 0.4) is 0 Å². The Labute approximate surface area is 212 Å². The van der Waals surface area contributed by atoms with E-state index in [1.54, 1.807) is 0 Å². The normalized spacial score (nSPS) is 42.7. The first-order valence-electron chi connectivity index (χ1n) is 12.8. The van der Waals surface area contributed by atoms with Crippen LogP contribution in [0.25, 0.3) is 0 Å². The highest BCUT2D eigenvalue weighted by Gasteiger charge is 2.76. The maximum atomic E-state index is 13.5. The number of ether oxygens (including phenoxy) is 3. The third kappa shape index (κ3) is 3.16. The summed E-state index contributed by atoms with van der Waals surface area (Å²) in [4.78, 5) is 51.9. The van der Waals surface area contributed by atoms with E-state index >= 15 is 0 Å². The second kappa shape index (κ2) is 7.41. The number of hydrogen-bond donors (Lipinski definition) is 1. The summed E-state index contributed by atoms with van der Waals surface area (Å²) in [6.45, 7) is 0.